The first-order valence-electron chi connectivity index (χ1n) is 9.63. The monoisotopic (exact) mass is 424 g/mol. The van der Waals surface area contributed by atoms with Crippen molar-refractivity contribution in [1.29, 1.82) is 0 Å². The third-order valence-corrected chi connectivity index (χ3v) is 5.25. The summed E-state index contributed by atoms with van der Waals surface area (Å²) < 4.78 is 5.91. The number of fused-ring (bicyclic) bond motifs is 1. The molecule has 0 amide bonds. The maximum absolute atomic E-state index is 12.0. The van der Waals surface area contributed by atoms with Crippen LogP contribution >= 0.6 is 11.6 Å². The van der Waals surface area contributed by atoms with E-state index in [4.69, 9.17) is 22.3 Å². The van der Waals surface area contributed by atoms with Crippen molar-refractivity contribution in [2.24, 2.45) is 17.8 Å². The smallest absolute Gasteiger partial charge is 0.243 e. The first-order chi connectivity index (χ1) is 14.4. The Morgan fingerprint density at radius 3 is 2.93 bits per heavy atom. The summed E-state index contributed by atoms with van der Waals surface area (Å²) in [6.45, 7) is 3.31. The molecule has 3 aromatic rings. The van der Waals surface area contributed by atoms with Crippen LogP contribution in [0.15, 0.2) is 70.5 Å². The molecule has 3 aromatic heterocycles. The molecular weight excluding hydrogens is 402 g/mol. The van der Waals surface area contributed by atoms with Gasteiger partial charge in [-0.25, -0.2) is 18.6 Å². The molecule has 0 spiro atoms. The van der Waals surface area contributed by atoms with Gasteiger partial charge in [-0.3, -0.25) is 4.79 Å². The average Bonchev–Trinajstić information content (AvgIpc) is 3.31. The van der Waals surface area contributed by atoms with Crippen LogP contribution in [0, 0.1) is 0 Å². The first-order valence-corrected chi connectivity index (χ1v) is 10.0. The van der Waals surface area contributed by atoms with Gasteiger partial charge in [0.15, 0.2) is 5.82 Å². The fourth-order valence-electron chi connectivity index (χ4n) is 3.29. The van der Waals surface area contributed by atoms with E-state index in [1.54, 1.807) is 17.5 Å². The summed E-state index contributed by atoms with van der Waals surface area (Å²) in [4.78, 5) is 16.8. The molecule has 1 aliphatic carbocycles. The molecule has 0 bridgehead atoms. The van der Waals surface area contributed by atoms with Crippen LogP contribution in [0.1, 0.15) is 13.3 Å². The summed E-state index contributed by atoms with van der Waals surface area (Å²) in [5.41, 5.74) is 8.69. The number of carbonyl (C=O) groups is 1. The van der Waals surface area contributed by atoms with Gasteiger partial charge in [0.2, 0.25) is 12.1 Å². The molecule has 0 fully saturated rings. The van der Waals surface area contributed by atoms with Crippen LogP contribution < -0.4 is 15.6 Å². The summed E-state index contributed by atoms with van der Waals surface area (Å²) in [6.07, 6.45) is 10.5. The van der Waals surface area contributed by atoms with E-state index >= 15 is 0 Å². The number of nitrogens with one attached hydrogen (secondary N) is 1. The molecule has 0 radical (unpaired) electrons. The van der Waals surface area contributed by atoms with Crippen LogP contribution in [0.4, 0.5) is 11.5 Å². The molecule has 0 aromatic carbocycles. The summed E-state index contributed by atoms with van der Waals surface area (Å²) in [5, 5.41) is 7.99. The van der Waals surface area contributed by atoms with Crippen LogP contribution in [0.5, 0.6) is 0 Å². The van der Waals surface area contributed by atoms with Gasteiger partial charge in [0.05, 0.1) is 30.5 Å². The number of allylic oxidation sites excluding steroid dienone is 3. The molecular formula is C21H23ClN7O+. The average molecular weight is 425 g/mol. The Hall–Kier alpha value is -3.39. The quantitative estimate of drug-likeness (QED) is 0.361. The Bertz CT molecular complexity index is 1220. The van der Waals surface area contributed by atoms with Crippen molar-refractivity contribution in [3.8, 4) is 0 Å². The molecule has 9 heteroatoms. The number of halogens is 1. The second-order valence-electron chi connectivity index (χ2n) is 7.21. The van der Waals surface area contributed by atoms with Crippen LogP contribution in [-0.2, 0) is 18.4 Å². The number of anilines is 1. The fourth-order valence-corrected chi connectivity index (χ4v) is 3.53. The Morgan fingerprint density at radius 1 is 1.33 bits per heavy atom. The highest BCUT2D eigenvalue weighted by Crippen LogP contribution is 2.32. The van der Waals surface area contributed by atoms with E-state index in [0.29, 0.717) is 22.8 Å². The van der Waals surface area contributed by atoms with E-state index in [-0.39, 0.29) is 16.5 Å². The Morgan fingerprint density at radius 2 is 2.17 bits per heavy atom. The molecule has 1 aliphatic rings. The van der Waals surface area contributed by atoms with Gasteiger partial charge in [-0.1, -0.05) is 17.7 Å². The van der Waals surface area contributed by atoms with E-state index in [9.17, 15) is 4.79 Å². The predicted octanol–water partition coefficient (Wildman–Crippen LogP) is 2.47. The standard InChI is InChI=1S/C21H22ClN7O/c1-14-12-15(18(23)17(22)20(14)30)25-19-16-6-3-4-9-29(16)26-21(19)24-7-5-8-28-11-10-27(2)13-28/h3-4,6,9-13H,5,7-8H2,1-2H3,(H2-,23,24,26,30)/p+1/b25-15+. The number of nitrogens with two attached hydrogens (primary N) is 1. The molecule has 3 heterocycles. The molecule has 3 N–H and O–H groups in total. The molecule has 0 saturated carbocycles. The van der Waals surface area contributed by atoms with Gasteiger partial charge < -0.3 is 11.1 Å². The number of rotatable bonds is 6. The molecule has 0 aliphatic heterocycles. The van der Waals surface area contributed by atoms with Gasteiger partial charge in [0.1, 0.15) is 23.1 Å². The number of hydrogen-bond donors (Lipinski definition) is 2. The lowest BCUT2D eigenvalue weighted by Crippen LogP contribution is -2.23. The van der Waals surface area contributed by atoms with Gasteiger partial charge in [-0.15, -0.1) is 5.10 Å². The van der Waals surface area contributed by atoms with Crippen molar-refractivity contribution in [2.45, 2.75) is 19.9 Å². The second-order valence-corrected chi connectivity index (χ2v) is 7.58. The van der Waals surface area contributed by atoms with Gasteiger partial charge in [-0.2, -0.15) is 0 Å². The van der Waals surface area contributed by atoms with Gasteiger partial charge in [0, 0.05) is 24.7 Å². The number of pyridine rings is 1. The lowest BCUT2D eigenvalue weighted by Gasteiger charge is -2.12. The molecule has 30 heavy (non-hydrogen) atoms. The highest BCUT2D eigenvalue weighted by Gasteiger charge is 2.23. The van der Waals surface area contributed by atoms with E-state index < -0.39 is 0 Å². The Labute approximate surface area is 179 Å². The third-order valence-electron chi connectivity index (χ3n) is 4.88. The van der Waals surface area contributed by atoms with Crippen LogP contribution in [0.3, 0.4) is 0 Å². The minimum atomic E-state index is -0.273. The highest BCUT2D eigenvalue weighted by molar-refractivity contribution is 6.49. The van der Waals surface area contributed by atoms with E-state index in [1.807, 2.05) is 54.7 Å². The predicted molar refractivity (Wildman–Crippen MR) is 117 cm³/mol. The van der Waals surface area contributed by atoms with Crippen molar-refractivity contribution in [3.05, 3.63) is 65.5 Å². The normalized spacial score (nSPS) is 15.9. The lowest BCUT2D eigenvalue weighted by atomic mass is 10.0. The number of nitrogens with zero attached hydrogens (tertiary/aromatic N) is 5. The summed E-state index contributed by atoms with van der Waals surface area (Å²) in [5.74, 6) is 0.378. The Kier molecular flexibility index (Phi) is 5.41. The van der Waals surface area contributed by atoms with Gasteiger partial charge in [-0.05, 0) is 25.1 Å². The van der Waals surface area contributed by atoms with Crippen LogP contribution in [0.2, 0.25) is 0 Å². The number of hydrogen-bond acceptors (Lipinski definition) is 5. The molecule has 0 saturated heterocycles. The minimum absolute atomic E-state index is 0.000353. The molecule has 8 nitrogen and oxygen atoms in total. The van der Waals surface area contributed by atoms with Gasteiger partial charge >= 0.3 is 0 Å². The minimum Gasteiger partial charge on any atom is -0.396 e. The summed E-state index contributed by atoms with van der Waals surface area (Å²) in [6, 6.07) is 5.76. The zero-order valence-corrected chi connectivity index (χ0v) is 17.6. The number of aliphatic imine (C=N–C) groups is 1. The van der Waals surface area contributed by atoms with Crippen molar-refractivity contribution < 1.29 is 9.36 Å². The largest absolute Gasteiger partial charge is 0.396 e. The molecule has 154 valence electrons. The van der Waals surface area contributed by atoms with Crippen molar-refractivity contribution in [1.82, 2.24) is 14.2 Å². The SMILES string of the molecule is CC1=C/C(=N\c2c(NCCCn3cc[n+](C)c3)nn3ccccc23)C(N)=C(Cl)C1=O. The molecule has 0 unspecified atom stereocenters. The number of Topliss-reactive ketones (excluding diaryl/α,β-unsaturated/α-hetero) is 1. The zero-order valence-electron chi connectivity index (χ0n) is 16.8. The first kappa shape index (κ1) is 19.9. The Balaban J connectivity index is 1.61. The van der Waals surface area contributed by atoms with Crippen molar-refractivity contribution in [2.75, 3.05) is 11.9 Å². The second kappa shape index (κ2) is 8.16. The van der Waals surface area contributed by atoms with Crippen molar-refractivity contribution in [3.63, 3.8) is 0 Å². The van der Waals surface area contributed by atoms with Crippen LogP contribution in [-0.4, -0.2) is 32.2 Å². The summed E-state index contributed by atoms with van der Waals surface area (Å²) in [7, 11) is 2.00. The lowest BCUT2D eigenvalue weighted by molar-refractivity contribution is -0.671. The van der Waals surface area contributed by atoms with E-state index in [2.05, 4.69) is 15.0 Å². The number of aromatic nitrogens is 4. The van der Waals surface area contributed by atoms with Crippen LogP contribution in [0.25, 0.3) is 5.52 Å². The van der Waals surface area contributed by atoms with Gasteiger partial charge in [0.25, 0.3) is 0 Å². The third kappa shape index (κ3) is 3.86. The topological polar surface area (TPSA) is 93.6 Å². The van der Waals surface area contributed by atoms with Crippen molar-refractivity contribution >= 4 is 40.1 Å². The molecule has 0 atom stereocenters. The number of carbonyl (C=O) groups excluding carboxylic acids is 1. The van der Waals surface area contributed by atoms with E-state index in [0.717, 1.165) is 25.0 Å². The number of ketones is 1. The fraction of sp³-hybridized carbons (Fsp3) is 0.238. The molecule has 4 rings (SSSR count). The summed E-state index contributed by atoms with van der Waals surface area (Å²) >= 11 is 6.11. The maximum Gasteiger partial charge on any atom is 0.243 e. The van der Waals surface area contributed by atoms with E-state index in [1.165, 1.54) is 0 Å². The number of imidazole rings is 1. The highest BCUT2D eigenvalue weighted by atomic mass is 35.5. The zero-order chi connectivity index (χ0) is 21.3. The number of aryl methyl sites for hydroxylation is 2. The maximum atomic E-state index is 12.0.